The van der Waals surface area contributed by atoms with Gasteiger partial charge < -0.3 is 14.9 Å². The molecule has 0 aromatic heterocycles. The average Bonchev–Trinajstić information content (AvgIpc) is 2.89. The van der Waals surface area contributed by atoms with Crippen LogP contribution in [0.5, 0.6) is 0 Å². The molecule has 0 bridgehead atoms. The van der Waals surface area contributed by atoms with E-state index >= 15 is 0 Å². The van der Waals surface area contributed by atoms with Crippen molar-refractivity contribution in [3.63, 3.8) is 0 Å². The lowest BCUT2D eigenvalue weighted by Crippen LogP contribution is -2.01. The molecule has 3 N–H and O–H groups in total. The Morgan fingerprint density at radius 3 is 0.719 bits per heavy atom. The number of ether oxygens (including phenoxy) is 1. The van der Waals surface area contributed by atoms with Gasteiger partial charge in [-0.2, -0.15) is 8.42 Å². The maximum Gasteiger partial charge on any atom is 0.397 e. The fourth-order valence-electron chi connectivity index (χ4n) is 0.353. The van der Waals surface area contributed by atoms with Gasteiger partial charge in [0.1, 0.15) is 0 Å². The molecule has 0 aliphatic rings. The molecule has 0 aromatic rings. The highest BCUT2D eigenvalue weighted by Crippen LogP contribution is 1.81. The van der Waals surface area contributed by atoms with Crippen molar-refractivity contribution in [3.8, 4) is 0 Å². The Morgan fingerprint density at radius 1 is 0.531 bits per heavy atom. The van der Waals surface area contributed by atoms with Crippen molar-refractivity contribution in [2.75, 3.05) is 33.0 Å². The molecule has 0 atom stereocenters. The van der Waals surface area contributed by atoms with Gasteiger partial charge >= 0.3 is 10.4 Å². The Labute approximate surface area is 201 Å². The van der Waals surface area contributed by atoms with Crippen LogP contribution >= 0.6 is 0 Å². The highest BCUT2D eigenvalue weighted by molar-refractivity contribution is 7.80. The van der Waals surface area contributed by atoms with E-state index in [1.54, 1.807) is 0 Å². The largest absolute Gasteiger partial charge is 0.397 e. The predicted octanol–water partition coefficient (Wildman–Crippen LogP) is 6.26. The minimum atomic E-state index is -4.17. The second-order valence-electron chi connectivity index (χ2n) is 2.06. The molecule has 198 valence electrons. The second kappa shape index (κ2) is 193. The molecule has 0 rings (SSSR count). The Hall–Kier alpha value is -2.33. The highest BCUT2D eigenvalue weighted by atomic mass is 32.3. The molecule has 8 heteroatoms. The van der Waals surface area contributed by atoms with E-state index in [2.05, 4.69) is 109 Å². The van der Waals surface area contributed by atoms with Gasteiger partial charge in [-0.05, 0) is 20.8 Å². The van der Waals surface area contributed by atoms with Crippen LogP contribution in [0.15, 0.2) is 105 Å². The zero-order valence-electron chi connectivity index (χ0n) is 21.2. The molecule has 0 fully saturated rings. The number of aliphatic hydroxyl groups is 2. The first-order valence-corrected chi connectivity index (χ1v) is 10.2. The first-order valence-electron chi connectivity index (χ1n) is 8.80. The van der Waals surface area contributed by atoms with E-state index in [0.29, 0.717) is 0 Å². The standard InChI is InChI=1S/C4H10O.C2H6O4S.C2H6O2.8C2H4/c1-3-5-4-2;1-2-6-7(3,4)5;3-1-2-4;8*1-2/h3-4H2,1-2H3;2H2,1H3,(H,3,4,5);3-4H,1-2H2;8*1-2H2. The lowest BCUT2D eigenvalue weighted by molar-refractivity contribution is 0.162. The van der Waals surface area contributed by atoms with Crippen molar-refractivity contribution < 1.29 is 32.1 Å². The lowest BCUT2D eigenvalue weighted by atomic mass is 10.8. The van der Waals surface area contributed by atoms with Gasteiger partial charge in [0.2, 0.25) is 0 Å². The third-order valence-corrected chi connectivity index (χ3v) is 1.31. The SMILES string of the molecule is C=C.C=C.C=C.C=C.C=C.C=C.C=C.C=C.CCOCC.CCOS(=O)(=O)O.OCCO. The van der Waals surface area contributed by atoms with E-state index in [1.807, 2.05) is 13.8 Å². The Balaban J connectivity index is -0.0000000178. The summed E-state index contributed by atoms with van der Waals surface area (Å²) in [6.45, 7) is 54.9. The van der Waals surface area contributed by atoms with Gasteiger partial charge in [0, 0.05) is 13.2 Å². The summed E-state index contributed by atoms with van der Waals surface area (Å²) in [7, 11) is -4.17. The van der Waals surface area contributed by atoms with E-state index in [4.69, 9.17) is 19.5 Å². The molecule has 0 saturated carbocycles. The third-order valence-electron chi connectivity index (χ3n) is 0.775. The van der Waals surface area contributed by atoms with E-state index in [-0.39, 0.29) is 19.8 Å². The average molecular weight is 487 g/mol. The van der Waals surface area contributed by atoms with Crippen LogP contribution in [0.3, 0.4) is 0 Å². The van der Waals surface area contributed by atoms with Crippen molar-refractivity contribution in [1.82, 2.24) is 0 Å². The van der Waals surface area contributed by atoms with Gasteiger partial charge in [0.05, 0.1) is 19.8 Å². The number of aliphatic hydroxyl groups excluding tert-OH is 2. The molecular formula is C24H54O7S. The van der Waals surface area contributed by atoms with Crippen molar-refractivity contribution in [2.45, 2.75) is 20.8 Å². The topological polar surface area (TPSA) is 113 Å². The first-order chi connectivity index (χ1) is 15.4. The summed E-state index contributed by atoms with van der Waals surface area (Å²) in [5.74, 6) is 0. The second-order valence-corrected chi connectivity index (χ2v) is 3.15. The molecule has 0 aliphatic carbocycles. The van der Waals surface area contributed by atoms with Crippen molar-refractivity contribution in [1.29, 1.82) is 0 Å². The van der Waals surface area contributed by atoms with Crippen molar-refractivity contribution in [2.24, 2.45) is 0 Å². The smallest absolute Gasteiger partial charge is 0.394 e. The molecule has 0 aromatic carbocycles. The van der Waals surface area contributed by atoms with Gasteiger partial charge in [-0.1, -0.05) is 0 Å². The molecule has 32 heavy (non-hydrogen) atoms. The summed E-state index contributed by atoms with van der Waals surface area (Å²) in [5.41, 5.74) is 0. The Morgan fingerprint density at radius 2 is 0.719 bits per heavy atom. The zero-order chi connectivity index (χ0) is 29.4. The van der Waals surface area contributed by atoms with Crippen LogP contribution in [-0.4, -0.2) is 56.2 Å². The summed E-state index contributed by atoms with van der Waals surface area (Å²) in [5, 5.41) is 15.2. The zero-order valence-corrected chi connectivity index (χ0v) is 22.0. The maximum absolute atomic E-state index is 9.56. The molecule has 0 radical (unpaired) electrons. The van der Waals surface area contributed by atoms with E-state index in [9.17, 15) is 8.42 Å². The van der Waals surface area contributed by atoms with Gasteiger partial charge in [-0.25, -0.2) is 4.18 Å². The molecular weight excluding hydrogens is 432 g/mol. The van der Waals surface area contributed by atoms with Crippen molar-refractivity contribution in [3.05, 3.63) is 105 Å². The predicted molar refractivity (Wildman–Crippen MR) is 150 cm³/mol. The van der Waals surface area contributed by atoms with E-state index < -0.39 is 10.4 Å². The minimum Gasteiger partial charge on any atom is -0.394 e. The molecule has 7 nitrogen and oxygen atoms in total. The molecule has 0 amide bonds. The van der Waals surface area contributed by atoms with Crippen LogP contribution in [0.1, 0.15) is 20.8 Å². The summed E-state index contributed by atoms with van der Waals surface area (Å²) >= 11 is 0. The summed E-state index contributed by atoms with van der Waals surface area (Å²) in [6.07, 6.45) is 0. The van der Waals surface area contributed by atoms with Crippen molar-refractivity contribution >= 4 is 10.4 Å². The fraction of sp³-hybridized carbons (Fsp3) is 0.333. The highest BCUT2D eigenvalue weighted by Gasteiger charge is 1.98. The van der Waals surface area contributed by atoms with Crippen LogP contribution in [0.4, 0.5) is 0 Å². The van der Waals surface area contributed by atoms with Gasteiger partial charge in [0.25, 0.3) is 0 Å². The fourth-order valence-corrected chi connectivity index (χ4v) is 0.651. The summed E-state index contributed by atoms with van der Waals surface area (Å²) in [6, 6.07) is 0. The number of rotatable bonds is 5. The monoisotopic (exact) mass is 486 g/mol. The summed E-state index contributed by atoms with van der Waals surface area (Å²) < 4.78 is 35.5. The molecule has 0 saturated heterocycles. The first kappa shape index (κ1) is 70.0. The van der Waals surface area contributed by atoms with Crippen LogP contribution in [-0.2, 0) is 19.3 Å². The van der Waals surface area contributed by atoms with Crippen LogP contribution < -0.4 is 0 Å². The van der Waals surface area contributed by atoms with Gasteiger partial charge in [-0.3, -0.25) is 4.55 Å². The molecule has 0 heterocycles. The lowest BCUT2D eigenvalue weighted by Gasteiger charge is -1.88. The molecule has 0 spiro atoms. The normalized spacial score (nSPS) is 5.81. The number of hydrogen-bond acceptors (Lipinski definition) is 6. The van der Waals surface area contributed by atoms with E-state index in [1.165, 1.54) is 6.92 Å². The quantitative estimate of drug-likeness (QED) is 0.310. The molecule has 0 aliphatic heterocycles. The Kier molecular flexibility index (Phi) is 422. The Bertz CT molecular complexity index is 271. The third kappa shape index (κ3) is 902. The molecule has 0 unspecified atom stereocenters. The van der Waals surface area contributed by atoms with Gasteiger partial charge in [-0.15, -0.1) is 105 Å². The van der Waals surface area contributed by atoms with E-state index in [0.717, 1.165) is 13.2 Å². The van der Waals surface area contributed by atoms with Crippen LogP contribution in [0, 0.1) is 0 Å². The minimum absolute atomic E-state index is 0.0289. The maximum atomic E-state index is 9.56. The van der Waals surface area contributed by atoms with Gasteiger partial charge in [0.15, 0.2) is 0 Å². The number of hydrogen-bond donors (Lipinski definition) is 3. The van der Waals surface area contributed by atoms with Crippen LogP contribution in [0.2, 0.25) is 0 Å². The van der Waals surface area contributed by atoms with Crippen LogP contribution in [0.25, 0.3) is 0 Å². The summed E-state index contributed by atoms with van der Waals surface area (Å²) in [4.78, 5) is 0.